The Balaban J connectivity index is 1.95. The van der Waals surface area contributed by atoms with Crippen LogP contribution in [-0.2, 0) is 11.0 Å². The molecule has 0 saturated carbocycles. The van der Waals surface area contributed by atoms with Gasteiger partial charge in [-0.2, -0.15) is 0 Å². The third-order valence-electron chi connectivity index (χ3n) is 5.86. The number of carboxylic acid groups (broad SMARTS) is 1. The number of aromatic nitrogens is 1. The van der Waals surface area contributed by atoms with Crippen molar-refractivity contribution in [3.8, 4) is 11.4 Å². The summed E-state index contributed by atoms with van der Waals surface area (Å²) < 4.78 is 8.58. The fourth-order valence-corrected chi connectivity index (χ4v) is 4.42. The zero-order chi connectivity index (χ0) is 20.3. The van der Waals surface area contributed by atoms with Gasteiger partial charge in [-0.1, -0.05) is 32.9 Å². The number of Topliss-reactive ketones (excluding diaryl/α,β-unsaturated/α-hetero) is 1. The van der Waals surface area contributed by atoms with Crippen molar-refractivity contribution in [3.05, 3.63) is 47.3 Å². The predicted molar refractivity (Wildman–Crippen MR) is 106 cm³/mol. The van der Waals surface area contributed by atoms with Crippen LogP contribution in [0, 0.1) is 0 Å². The van der Waals surface area contributed by atoms with Gasteiger partial charge in [-0.3, -0.25) is 4.79 Å². The van der Waals surface area contributed by atoms with E-state index in [4.69, 9.17) is 4.74 Å². The quantitative estimate of drug-likeness (QED) is 0.745. The van der Waals surface area contributed by atoms with Crippen LogP contribution in [0.15, 0.2) is 30.3 Å². The molecule has 2 aromatic rings. The van der Waals surface area contributed by atoms with Crippen LogP contribution in [0.2, 0.25) is 0 Å². The molecule has 1 N–H and O–H groups in total. The summed E-state index contributed by atoms with van der Waals surface area (Å²) in [5, 5.41) is 9.34. The standard InChI is InChI=1S/C22H26N2O4/c1-14(25)19-15(21(2,3)4)13-18-22(9-11-23(12-10-22)20(26)27)28-17-8-6-5-7-16(17)24(18)19/h5-8,13H,9-12H2,1-4H3,(H,26,27). The Morgan fingerprint density at radius 1 is 1.14 bits per heavy atom. The van der Waals surface area contributed by atoms with Gasteiger partial charge < -0.3 is 19.3 Å². The van der Waals surface area contributed by atoms with Crippen LogP contribution in [0.4, 0.5) is 4.79 Å². The number of ketones is 1. The molecule has 2 aliphatic heterocycles. The minimum atomic E-state index is -0.902. The number of amides is 1. The van der Waals surface area contributed by atoms with Crippen LogP contribution in [-0.4, -0.2) is 39.5 Å². The van der Waals surface area contributed by atoms with Gasteiger partial charge in [0.25, 0.3) is 0 Å². The number of nitrogens with zero attached hydrogens (tertiary/aromatic N) is 2. The molecule has 0 radical (unpaired) electrons. The van der Waals surface area contributed by atoms with Crippen LogP contribution in [0.1, 0.15) is 62.3 Å². The lowest BCUT2D eigenvalue weighted by atomic mass is 9.83. The van der Waals surface area contributed by atoms with Gasteiger partial charge in [-0.25, -0.2) is 4.79 Å². The second-order valence-corrected chi connectivity index (χ2v) is 8.77. The van der Waals surface area contributed by atoms with Crippen LogP contribution in [0.25, 0.3) is 5.69 Å². The van der Waals surface area contributed by atoms with Crippen molar-refractivity contribution >= 4 is 11.9 Å². The first-order valence-electron chi connectivity index (χ1n) is 9.68. The number of carbonyl (C=O) groups is 2. The molecule has 0 bridgehead atoms. The number of carbonyl (C=O) groups excluding carboxylic acids is 1. The highest BCUT2D eigenvalue weighted by Crippen LogP contribution is 2.48. The van der Waals surface area contributed by atoms with E-state index in [0.29, 0.717) is 31.6 Å². The molecule has 6 heteroatoms. The summed E-state index contributed by atoms with van der Waals surface area (Å²) in [5.41, 5.74) is 2.67. The number of para-hydroxylation sites is 2. The number of fused-ring (bicyclic) bond motifs is 4. The van der Waals surface area contributed by atoms with Crippen LogP contribution < -0.4 is 4.74 Å². The number of hydrogen-bond donors (Lipinski definition) is 1. The van der Waals surface area contributed by atoms with Gasteiger partial charge in [0.15, 0.2) is 11.4 Å². The molecule has 1 fully saturated rings. The van der Waals surface area contributed by atoms with E-state index >= 15 is 0 Å². The Bertz CT molecular complexity index is 959. The van der Waals surface area contributed by atoms with Gasteiger partial charge in [0, 0.05) is 32.9 Å². The van der Waals surface area contributed by atoms with Crippen molar-refractivity contribution in [2.24, 2.45) is 0 Å². The number of rotatable bonds is 1. The largest absolute Gasteiger partial charge is 0.479 e. The minimum Gasteiger partial charge on any atom is -0.479 e. The first-order valence-corrected chi connectivity index (χ1v) is 9.68. The summed E-state index contributed by atoms with van der Waals surface area (Å²) in [4.78, 5) is 25.5. The van der Waals surface area contributed by atoms with Crippen molar-refractivity contribution in [3.63, 3.8) is 0 Å². The number of likely N-dealkylation sites (tertiary alicyclic amines) is 1. The second kappa shape index (κ2) is 6.12. The SMILES string of the molecule is CC(=O)c1c(C(C)(C)C)cc2n1-c1ccccc1OC21CCN(C(=O)O)CC1. The molecule has 6 nitrogen and oxygen atoms in total. The smallest absolute Gasteiger partial charge is 0.407 e. The van der Waals surface area contributed by atoms with Gasteiger partial charge in [-0.05, 0) is 29.2 Å². The molecule has 2 aliphatic rings. The minimum absolute atomic E-state index is 0.0194. The van der Waals surface area contributed by atoms with Crippen molar-refractivity contribution < 1.29 is 19.4 Å². The van der Waals surface area contributed by atoms with Gasteiger partial charge >= 0.3 is 6.09 Å². The number of piperidine rings is 1. The van der Waals surface area contributed by atoms with Gasteiger partial charge in [0.05, 0.1) is 17.1 Å². The summed E-state index contributed by atoms with van der Waals surface area (Å²) in [6, 6.07) is 9.85. The summed E-state index contributed by atoms with van der Waals surface area (Å²) in [7, 11) is 0. The molecule has 1 amide bonds. The highest BCUT2D eigenvalue weighted by molar-refractivity contribution is 5.96. The number of ether oxygens (including phenoxy) is 1. The van der Waals surface area contributed by atoms with Crippen molar-refractivity contribution in [2.75, 3.05) is 13.1 Å². The Labute approximate surface area is 164 Å². The zero-order valence-corrected chi connectivity index (χ0v) is 16.8. The molecule has 0 aliphatic carbocycles. The van der Waals surface area contributed by atoms with E-state index in [9.17, 15) is 14.7 Å². The fraction of sp³-hybridized carbons (Fsp3) is 0.455. The lowest BCUT2D eigenvalue weighted by Crippen LogP contribution is -2.49. The van der Waals surface area contributed by atoms with Gasteiger partial charge in [0.2, 0.25) is 0 Å². The Hall–Kier alpha value is -2.76. The van der Waals surface area contributed by atoms with Crippen molar-refractivity contribution in [2.45, 2.75) is 51.6 Å². The van der Waals surface area contributed by atoms with Crippen molar-refractivity contribution in [1.82, 2.24) is 9.47 Å². The van der Waals surface area contributed by atoms with Gasteiger partial charge in [0.1, 0.15) is 5.75 Å². The molecule has 0 unspecified atom stereocenters. The lowest BCUT2D eigenvalue weighted by molar-refractivity contribution is -0.00905. The molecule has 1 saturated heterocycles. The van der Waals surface area contributed by atoms with Crippen LogP contribution in [0.3, 0.4) is 0 Å². The van der Waals surface area contributed by atoms with Crippen LogP contribution in [0.5, 0.6) is 5.75 Å². The lowest BCUT2D eigenvalue weighted by Gasteiger charge is -2.44. The highest BCUT2D eigenvalue weighted by Gasteiger charge is 2.47. The summed E-state index contributed by atoms with van der Waals surface area (Å²) >= 11 is 0. The second-order valence-electron chi connectivity index (χ2n) is 8.77. The molecule has 4 rings (SSSR count). The molecule has 1 aromatic heterocycles. The third kappa shape index (κ3) is 2.70. The average molecular weight is 382 g/mol. The van der Waals surface area contributed by atoms with Crippen LogP contribution >= 0.6 is 0 Å². The predicted octanol–water partition coefficient (Wildman–Crippen LogP) is 4.34. The summed E-state index contributed by atoms with van der Waals surface area (Å²) in [6.45, 7) is 8.73. The Kier molecular flexibility index (Phi) is 4.07. The van der Waals surface area contributed by atoms with Crippen molar-refractivity contribution in [1.29, 1.82) is 0 Å². The normalized spacial score (nSPS) is 17.6. The molecule has 3 heterocycles. The molecule has 148 valence electrons. The average Bonchev–Trinajstić information content (AvgIpc) is 3.05. The number of benzene rings is 1. The van der Waals surface area contributed by atoms with E-state index in [1.165, 1.54) is 4.90 Å². The van der Waals surface area contributed by atoms with Gasteiger partial charge in [-0.15, -0.1) is 0 Å². The van der Waals surface area contributed by atoms with E-state index in [2.05, 4.69) is 31.4 Å². The molecule has 1 aromatic carbocycles. The topological polar surface area (TPSA) is 71.8 Å². The summed E-state index contributed by atoms with van der Waals surface area (Å²) in [5.74, 6) is 0.753. The summed E-state index contributed by atoms with van der Waals surface area (Å²) in [6.07, 6.45) is 0.207. The van der Waals surface area contributed by atoms with E-state index in [1.54, 1.807) is 6.92 Å². The molecule has 0 atom stereocenters. The molecular weight excluding hydrogens is 356 g/mol. The van der Waals surface area contributed by atoms with E-state index < -0.39 is 11.7 Å². The first-order chi connectivity index (χ1) is 13.1. The monoisotopic (exact) mass is 382 g/mol. The number of hydrogen-bond acceptors (Lipinski definition) is 3. The Morgan fingerprint density at radius 2 is 1.79 bits per heavy atom. The molecule has 1 spiro atoms. The first kappa shape index (κ1) is 18.6. The highest BCUT2D eigenvalue weighted by atomic mass is 16.5. The Morgan fingerprint density at radius 3 is 2.36 bits per heavy atom. The van der Waals surface area contributed by atoms with E-state index in [0.717, 1.165) is 22.7 Å². The maximum absolute atomic E-state index is 12.7. The zero-order valence-electron chi connectivity index (χ0n) is 16.8. The maximum Gasteiger partial charge on any atom is 0.407 e. The van der Waals surface area contributed by atoms with E-state index in [-0.39, 0.29) is 11.2 Å². The molecule has 28 heavy (non-hydrogen) atoms. The fourth-order valence-electron chi connectivity index (χ4n) is 4.42. The van der Waals surface area contributed by atoms with E-state index in [1.807, 2.05) is 24.3 Å². The third-order valence-corrected chi connectivity index (χ3v) is 5.86. The molecular formula is C22H26N2O4. The maximum atomic E-state index is 12.7.